The highest BCUT2D eigenvalue weighted by molar-refractivity contribution is 6.30. The number of halogens is 2. The standard InChI is InChI=1S/C18H24ClFN4/c1-4-12(2)17-21-18(16-7-5-6-10-23(16)3)24(22-17)13-8-9-15(20)14(19)11-13/h8-9,11-12,16H,4-7,10H2,1-3H3. The van der Waals surface area contributed by atoms with Crippen molar-refractivity contribution < 1.29 is 4.39 Å². The lowest BCUT2D eigenvalue weighted by Gasteiger charge is -2.31. The summed E-state index contributed by atoms with van der Waals surface area (Å²) in [5.74, 6) is 1.64. The molecule has 6 heteroatoms. The first-order chi connectivity index (χ1) is 11.5. The van der Waals surface area contributed by atoms with Crippen LogP contribution in [0.5, 0.6) is 0 Å². The Balaban J connectivity index is 2.08. The minimum absolute atomic E-state index is 0.107. The molecule has 0 amide bonds. The minimum Gasteiger partial charge on any atom is -0.296 e. The van der Waals surface area contributed by atoms with E-state index in [-0.39, 0.29) is 17.0 Å². The Morgan fingerprint density at radius 2 is 2.17 bits per heavy atom. The Kier molecular flexibility index (Phi) is 5.21. The van der Waals surface area contributed by atoms with Crippen LogP contribution < -0.4 is 0 Å². The number of nitrogens with zero attached hydrogens (tertiary/aromatic N) is 4. The summed E-state index contributed by atoms with van der Waals surface area (Å²) >= 11 is 5.98. The summed E-state index contributed by atoms with van der Waals surface area (Å²) in [6.07, 6.45) is 4.44. The molecule has 2 heterocycles. The second-order valence-corrected chi connectivity index (χ2v) is 7.05. The number of rotatable bonds is 4. The van der Waals surface area contributed by atoms with Gasteiger partial charge < -0.3 is 0 Å². The molecule has 24 heavy (non-hydrogen) atoms. The van der Waals surface area contributed by atoms with Crippen molar-refractivity contribution in [2.24, 2.45) is 0 Å². The third-order valence-corrected chi connectivity index (χ3v) is 5.21. The van der Waals surface area contributed by atoms with Gasteiger partial charge in [-0.25, -0.2) is 14.1 Å². The molecule has 4 nitrogen and oxygen atoms in total. The van der Waals surface area contributed by atoms with E-state index >= 15 is 0 Å². The maximum Gasteiger partial charge on any atom is 0.154 e. The second kappa shape index (κ2) is 7.19. The van der Waals surface area contributed by atoms with E-state index in [1.807, 2.05) is 4.68 Å². The van der Waals surface area contributed by atoms with Crippen molar-refractivity contribution in [1.82, 2.24) is 19.7 Å². The predicted molar refractivity (Wildman–Crippen MR) is 94.3 cm³/mol. The Morgan fingerprint density at radius 1 is 1.38 bits per heavy atom. The summed E-state index contributed by atoms with van der Waals surface area (Å²) < 4.78 is 15.4. The lowest BCUT2D eigenvalue weighted by Crippen LogP contribution is -2.31. The fourth-order valence-corrected chi connectivity index (χ4v) is 3.33. The Hall–Kier alpha value is -1.46. The largest absolute Gasteiger partial charge is 0.296 e. The SMILES string of the molecule is CCC(C)c1nc(C2CCCCN2C)n(-c2ccc(F)c(Cl)c2)n1. The van der Waals surface area contributed by atoms with Gasteiger partial charge in [0, 0.05) is 5.92 Å². The van der Waals surface area contributed by atoms with Crippen LogP contribution in [-0.2, 0) is 0 Å². The van der Waals surface area contributed by atoms with Gasteiger partial charge >= 0.3 is 0 Å². The Labute approximate surface area is 147 Å². The smallest absolute Gasteiger partial charge is 0.154 e. The van der Waals surface area contributed by atoms with Gasteiger partial charge in [-0.2, -0.15) is 5.10 Å². The van der Waals surface area contributed by atoms with Crippen molar-refractivity contribution >= 4 is 11.6 Å². The molecule has 0 saturated carbocycles. The van der Waals surface area contributed by atoms with Crippen LogP contribution >= 0.6 is 11.6 Å². The van der Waals surface area contributed by atoms with Crippen molar-refractivity contribution in [3.63, 3.8) is 0 Å². The van der Waals surface area contributed by atoms with E-state index in [4.69, 9.17) is 21.7 Å². The topological polar surface area (TPSA) is 34.0 Å². The summed E-state index contributed by atoms with van der Waals surface area (Å²) in [5.41, 5.74) is 0.762. The average Bonchev–Trinajstić information content (AvgIpc) is 3.02. The third-order valence-electron chi connectivity index (χ3n) is 4.92. The quantitative estimate of drug-likeness (QED) is 0.799. The molecule has 2 atom stereocenters. The van der Waals surface area contributed by atoms with Crippen molar-refractivity contribution in [2.45, 2.75) is 51.5 Å². The first kappa shape index (κ1) is 17.4. The van der Waals surface area contributed by atoms with E-state index in [2.05, 4.69) is 25.8 Å². The highest BCUT2D eigenvalue weighted by atomic mass is 35.5. The van der Waals surface area contributed by atoms with Crippen LogP contribution in [-0.4, -0.2) is 33.3 Å². The monoisotopic (exact) mass is 350 g/mol. The molecule has 0 spiro atoms. The first-order valence-corrected chi connectivity index (χ1v) is 9.01. The molecule has 1 fully saturated rings. The summed E-state index contributed by atoms with van der Waals surface area (Å²) in [4.78, 5) is 7.19. The van der Waals surface area contributed by atoms with Crippen LogP contribution in [0.1, 0.15) is 63.1 Å². The second-order valence-electron chi connectivity index (χ2n) is 6.64. The zero-order valence-corrected chi connectivity index (χ0v) is 15.2. The molecule has 1 aliphatic rings. The maximum atomic E-state index is 13.5. The summed E-state index contributed by atoms with van der Waals surface area (Å²) in [5, 5.41) is 4.84. The van der Waals surface area contributed by atoms with Crippen molar-refractivity contribution in [1.29, 1.82) is 0 Å². The molecule has 0 radical (unpaired) electrons. The highest BCUT2D eigenvalue weighted by Gasteiger charge is 2.28. The van der Waals surface area contributed by atoms with Crippen LogP contribution in [0.3, 0.4) is 0 Å². The van der Waals surface area contributed by atoms with Gasteiger partial charge in [0.05, 0.1) is 16.8 Å². The fraction of sp³-hybridized carbons (Fsp3) is 0.556. The number of hydrogen-bond donors (Lipinski definition) is 0. The number of piperidine rings is 1. The maximum absolute atomic E-state index is 13.5. The number of hydrogen-bond acceptors (Lipinski definition) is 3. The molecule has 3 rings (SSSR count). The van der Waals surface area contributed by atoms with Gasteiger partial charge in [-0.3, -0.25) is 4.90 Å². The van der Waals surface area contributed by atoms with Crippen molar-refractivity contribution in [3.8, 4) is 5.69 Å². The van der Waals surface area contributed by atoms with Crippen LogP contribution in [0, 0.1) is 5.82 Å². The van der Waals surface area contributed by atoms with Crippen molar-refractivity contribution in [2.75, 3.05) is 13.6 Å². The lowest BCUT2D eigenvalue weighted by atomic mass is 10.0. The van der Waals surface area contributed by atoms with Gasteiger partial charge in [0.25, 0.3) is 0 Å². The number of aromatic nitrogens is 3. The van der Waals surface area contributed by atoms with Gasteiger partial charge in [0.1, 0.15) is 11.6 Å². The van der Waals surface area contributed by atoms with Crippen LogP contribution in [0.15, 0.2) is 18.2 Å². The van der Waals surface area contributed by atoms with E-state index in [1.54, 1.807) is 12.1 Å². The summed E-state index contributed by atoms with van der Waals surface area (Å²) in [6, 6.07) is 4.95. The number of benzene rings is 1. The molecule has 1 aliphatic heterocycles. The third kappa shape index (κ3) is 3.33. The molecular formula is C18H24ClFN4. The van der Waals surface area contributed by atoms with E-state index < -0.39 is 5.82 Å². The lowest BCUT2D eigenvalue weighted by molar-refractivity contribution is 0.177. The molecular weight excluding hydrogens is 327 g/mol. The molecule has 2 aromatic rings. The molecule has 130 valence electrons. The number of likely N-dealkylation sites (tertiary alicyclic amines) is 1. The summed E-state index contributed by atoms with van der Waals surface area (Å²) in [7, 11) is 2.13. The minimum atomic E-state index is -0.418. The normalized spacial score (nSPS) is 20.3. The van der Waals surface area contributed by atoms with Crippen LogP contribution in [0.2, 0.25) is 5.02 Å². The summed E-state index contributed by atoms with van der Waals surface area (Å²) in [6.45, 7) is 5.32. The molecule has 1 aromatic heterocycles. The van der Waals surface area contributed by atoms with E-state index in [0.29, 0.717) is 0 Å². The van der Waals surface area contributed by atoms with Gasteiger partial charge in [0.2, 0.25) is 0 Å². The van der Waals surface area contributed by atoms with Gasteiger partial charge in [-0.15, -0.1) is 0 Å². The molecule has 0 N–H and O–H groups in total. The molecule has 1 saturated heterocycles. The fourth-order valence-electron chi connectivity index (χ4n) is 3.16. The Morgan fingerprint density at radius 3 is 2.83 bits per heavy atom. The average molecular weight is 351 g/mol. The molecule has 2 unspecified atom stereocenters. The van der Waals surface area contributed by atoms with Gasteiger partial charge in [0.15, 0.2) is 5.82 Å². The molecule has 0 aliphatic carbocycles. The van der Waals surface area contributed by atoms with E-state index in [9.17, 15) is 4.39 Å². The molecule has 1 aromatic carbocycles. The van der Waals surface area contributed by atoms with Gasteiger partial charge in [-0.05, 0) is 51.1 Å². The van der Waals surface area contributed by atoms with E-state index in [1.165, 1.54) is 18.9 Å². The Bertz CT molecular complexity index is 715. The zero-order chi connectivity index (χ0) is 17.3. The van der Waals surface area contributed by atoms with E-state index in [0.717, 1.165) is 36.7 Å². The van der Waals surface area contributed by atoms with Crippen molar-refractivity contribution in [3.05, 3.63) is 40.7 Å². The van der Waals surface area contributed by atoms with Crippen LogP contribution in [0.25, 0.3) is 5.69 Å². The highest BCUT2D eigenvalue weighted by Crippen LogP contribution is 2.31. The van der Waals surface area contributed by atoms with Gasteiger partial charge in [-0.1, -0.05) is 31.9 Å². The molecule has 0 bridgehead atoms. The van der Waals surface area contributed by atoms with Crippen LogP contribution in [0.4, 0.5) is 4.39 Å². The first-order valence-electron chi connectivity index (χ1n) is 8.63. The zero-order valence-electron chi connectivity index (χ0n) is 14.5. The predicted octanol–water partition coefficient (Wildman–Crippen LogP) is 4.73.